The number of alkyl halides is 3. The molecule has 1 aromatic carbocycles. The SMILES string of the molecule is C[C@@H]1CN(c2ccc(C(F)(F)F)c3ncccc23)CC1NC(=O)CC1CCN(C)CC1. The number of carbonyl (C=O) groups is 1. The molecule has 0 saturated carbocycles. The fourth-order valence-corrected chi connectivity index (χ4v) is 4.81. The predicted molar refractivity (Wildman–Crippen MR) is 115 cm³/mol. The number of pyridine rings is 1. The summed E-state index contributed by atoms with van der Waals surface area (Å²) in [6, 6.07) is 5.97. The summed E-state index contributed by atoms with van der Waals surface area (Å²) in [7, 11) is 2.10. The van der Waals surface area contributed by atoms with Gasteiger partial charge in [0.15, 0.2) is 0 Å². The lowest BCUT2D eigenvalue weighted by molar-refractivity contribution is -0.136. The van der Waals surface area contributed by atoms with Gasteiger partial charge in [-0.25, -0.2) is 0 Å². The average molecular weight is 435 g/mol. The number of aromatic nitrogens is 1. The molecule has 4 rings (SSSR count). The molecule has 0 spiro atoms. The van der Waals surface area contributed by atoms with Crippen molar-refractivity contribution >= 4 is 22.5 Å². The Morgan fingerprint density at radius 2 is 1.94 bits per heavy atom. The zero-order valence-electron chi connectivity index (χ0n) is 18.0. The predicted octanol–water partition coefficient (Wildman–Crippen LogP) is 3.93. The van der Waals surface area contributed by atoms with Crippen LogP contribution in [0, 0.1) is 11.8 Å². The van der Waals surface area contributed by atoms with Crippen LogP contribution in [0.4, 0.5) is 18.9 Å². The molecular formula is C23H29F3N4O. The number of carbonyl (C=O) groups excluding carboxylic acids is 1. The van der Waals surface area contributed by atoms with Crippen molar-refractivity contribution in [2.24, 2.45) is 11.8 Å². The van der Waals surface area contributed by atoms with E-state index in [0.717, 1.165) is 37.7 Å². The van der Waals surface area contributed by atoms with Gasteiger partial charge in [0.1, 0.15) is 0 Å². The molecule has 0 radical (unpaired) electrons. The van der Waals surface area contributed by atoms with Gasteiger partial charge in [0.2, 0.25) is 5.91 Å². The lowest BCUT2D eigenvalue weighted by Crippen LogP contribution is -2.41. The monoisotopic (exact) mass is 434 g/mol. The minimum Gasteiger partial charge on any atom is -0.369 e. The van der Waals surface area contributed by atoms with Crippen molar-refractivity contribution in [2.45, 2.75) is 38.4 Å². The number of hydrogen-bond acceptors (Lipinski definition) is 4. The molecule has 5 nitrogen and oxygen atoms in total. The number of rotatable bonds is 4. The lowest BCUT2D eigenvalue weighted by Gasteiger charge is -2.29. The third-order valence-electron chi connectivity index (χ3n) is 6.66. The smallest absolute Gasteiger partial charge is 0.369 e. The number of nitrogens with zero attached hydrogens (tertiary/aromatic N) is 3. The van der Waals surface area contributed by atoms with Gasteiger partial charge < -0.3 is 15.1 Å². The van der Waals surface area contributed by atoms with Crippen molar-refractivity contribution in [3.63, 3.8) is 0 Å². The van der Waals surface area contributed by atoms with Crippen LogP contribution in [0.25, 0.3) is 10.9 Å². The summed E-state index contributed by atoms with van der Waals surface area (Å²) in [5.74, 6) is 0.705. The maximum atomic E-state index is 13.4. The van der Waals surface area contributed by atoms with Crippen LogP contribution >= 0.6 is 0 Å². The van der Waals surface area contributed by atoms with Gasteiger partial charge in [-0.05, 0) is 69.1 Å². The Hall–Kier alpha value is -2.35. The Kier molecular flexibility index (Phi) is 6.10. The van der Waals surface area contributed by atoms with Gasteiger partial charge in [0, 0.05) is 36.8 Å². The van der Waals surface area contributed by atoms with Crippen LogP contribution in [-0.2, 0) is 11.0 Å². The molecule has 2 atom stereocenters. The summed E-state index contributed by atoms with van der Waals surface area (Å²) in [6.45, 7) is 5.39. The molecule has 2 aliphatic rings. The summed E-state index contributed by atoms with van der Waals surface area (Å²) in [5, 5.41) is 3.67. The summed E-state index contributed by atoms with van der Waals surface area (Å²) in [5.41, 5.74) is -0.0213. The van der Waals surface area contributed by atoms with Crippen LogP contribution in [-0.4, -0.2) is 55.1 Å². The van der Waals surface area contributed by atoms with E-state index in [2.05, 4.69) is 34.1 Å². The van der Waals surface area contributed by atoms with Gasteiger partial charge in [-0.1, -0.05) is 6.92 Å². The van der Waals surface area contributed by atoms with Crippen molar-refractivity contribution in [1.29, 1.82) is 0 Å². The second-order valence-electron chi connectivity index (χ2n) is 9.04. The van der Waals surface area contributed by atoms with Crippen LogP contribution < -0.4 is 10.2 Å². The number of benzene rings is 1. The van der Waals surface area contributed by atoms with Gasteiger partial charge in [0.25, 0.3) is 0 Å². The highest BCUT2D eigenvalue weighted by Crippen LogP contribution is 2.38. The van der Waals surface area contributed by atoms with E-state index in [0.29, 0.717) is 30.8 Å². The molecule has 31 heavy (non-hydrogen) atoms. The van der Waals surface area contributed by atoms with E-state index in [-0.39, 0.29) is 23.4 Å². The van der Waals surface area contributed by atoms with E-state index < -0.39 is 11.7 Å². The normalized spacial score (nSPS) is 23.5. The molecule has 0 aliphatic carbocycles. The molecular weight excluding hydrogens is 405 g/mol. The summed E-state index contributed by atoms with van der Waals surface area (Å²) < 4.78 is 40.2. The van der Waals surface area contributed by atoms with Crippen molar-refractivity contribution in [3.05, 3.63) is 36.0 Å². The molecule has 0 bridgehead atoms. The molecule has 1 amide bonds. The molecule has 2 saturated heterocycles. The first-order chi connectivity index (χ1) is 14.7. The van der Waals surface area contributed by atoms with Gasteiger partial charge in [-0.15, -0.1) is 0 Å². The lowest BCUT2D eigenvalue weighted by atomic mass is 9.93. The maximum absolute atomic E-state index is 13.4. The van der Waals surface area contributed by atoms with E-state index in [1.54, 1.807) is 12.1 Å². The molecule has 2 aliphatic heterocycles. The summed E-state index contributed by atoms with van der Waals surface area (Å²) in [6.07, 6.45) is -0.431. The van der Waals surface area contributed by atoms with E-state index in [4.69, 9.17) is 0 Å². The van der Waals surface area contributed by atoms with Gasteiger partial charge in [0.05, 0.1) is 17.1 Å². The fourth-order valence-electron chi connectivity index (χ4n) is 4.81. The molecule has 1 unspecified atom stereocenters. The average Bonchev–Trinajstić information content (AvgIpc) is 3.08. The Balaban J connectivity index is 1.46. The first-order valence-corrected chi connectivity index (χ1v) is 10.9. The minimum absolute atomic E-state index is 0.0206. The first kappa shape index (κ1) is 21.9. The number of nitrogens with one attached hydrogen (secondary N) is 1. The molecule has 2 aromatic rings. The Bertz CT molecular complexity index is 940. The maximum Gasteiger partial charge on any atom is 0.418 e. The highest BCUT2D eigenvalue weighted by Gasteiger charge is 2.36. The number of hydrogen-bond donors (Lipinski definition) is 1. The second-order valence-corrected chi connectivity index (χ2v) is 9.04. The Labute approximate surface area is 180 Å². The van der Waals surface area contributed by atoms with E-state index in [9.17, 15) is 18.0 Å². The highest BCUT2D eigenvalue weighted by atomic mass is 19.4. The number of halogens is 3. The topological polar surface area (TPSA) is 48.5 Å². The largest absolute Gasteiger partial charge is 0.418 e. The van der Waals surface area contributed by atoms with Crippen molar-refractivity contribution in [3.8, 4) is 0 Å². The summed E-state index contributed by atoms with van der Waals surface area (Å²) >= 11 is 0. The molecule has 1 aromatic heterocycles. The van der Waals surface area contributed by atoms with Crippen LogP contribution in [0.5, 0.6) is 0 Å². The molecule has 2 fully saturated rings. The standard InChI is InChI=1S/C23H29F3N4O/c1-15-13-30(14-19(15)28-21(31)12-16-7-10-29(2)11-8-16)20-6-5-18(23(24,25)26)22-17(20)4-3-9-27-22/h3-6,9,15-16,19H,7-8,10-14H2,1-2H3,(H,28,31)/t15-,19?/m1/s1. The number of piperidine rings is 1. The van der Waals surface area contributed by atoms with Gasteiger partial charge in [-0.3, -0.25) is 9.78 Å². The third kappa shape index (κ3) is 4.79. The van der Waals surface area contributed by atoms with Crippen LogP contribution in [0.1, 0.15) is 31.7 Å². The zero-order chi connectivity index (χ0) is 22.2. The van der Waals surface area contributed by atoms with Crippen LogP contribution in [0.2, 0.25) is 0 Å². The molecule has 1 N–H and O–H groups in total. The number of likely N-dealkylation sites (tertiary alicyclic amines) is 1. The Morgan fingerprint density at radius 1 is 1.19 bits per heavy atom. The second kappa shape index (κ2) is 8.65. The molecule has 168 valence electrons. The van der Waals surface area contributed by atoms with Crippen LogP contribution in [0.3, 0.4) is 0 Å². The van der Waals surface area contributed by atoms with Crippen molar-refractivity contribution < 1.29 is 18.0 Å². The van der Waals surface area contributed by atoms with Gasteiger partial charge >= 0.3 is 6.18 Å². The Morgan fingerprint density at radius 3 is 2.65 bits per heavy atom. The number of anilines is 1. The zero-order valence-corrected chi connectivity index (χ0v) is 18.0. The third-order valence-corrected chi connectivity index (χ3v) is 6.66. The van der Waals surface area contributed by atoms with E-state index in [1.807, 2.05) is 0 Å². The molecule has 8 heteroatoms. The summed E-state index contributed by atoms with van der Waals surface area (Å²) in [4.78, 5) is 21.0. The van der Waals surface area contributed by atoms with E-state index in [1.165, 1.54) is 12.3 Å². The van der Waals surface area contributed by atoms with Crippen molar-refractivity contribution in [1.82, 2.24) is 15.2 Å². The number of amides is 1. The quantitative estimate of drug-likeness (QED) is 0.792. The fraction of sp³-hybridized carbons (Fsp3) is 0.565. The molecule has 3 heterocycles. The van der Waals surface area contributed by atoms with Gasteiger partial charge in [-0.2, -0.15) is 13.2 Å². The van der Waals surface area contributed by atoms with Crippen LogP contribution in [0.15, 0.2) is 30.5 Å². The highest BCUT2D eigenvalue weighted by molar-refractivity contribution is 5.94. The number of fused-ring (bicyclic) bond motifs is 1. The van der Waals surface area contributed by atoms with Crippen molar-refractivity contribution in [2.75, 3.05) is 38.1 Å². The minimum atomic E-state index is -4.45. The van der Waals surface area contributed by atoms with E-state index >= 15 is 0 Å². The first-order valence-electron chi connectivity index (χ1n) is 10.9.